The van der Waals surface area contributed by atoms with E-state index in [9.17, 15) is 4.79 Å². The summed E-state index contributed by atoms with van der Waals surface area (Å²) in [6.45, 7) is 5.40. The van der Waals surface area contributed by atoms with Gasteiger partial charge in [-0.1, -0.05) is 36.4 Å². The Balaban J connectivity index is 2.49. The number of hydrogen-bond donors (Lipinski definition) is 1. The lowest BCUT2D eigenvalue weighted by molar-refractivity contribution is -0.129. The first-order valence-corrected chi connectivity index (χ1v) is 5.85. The van der Waals surface area contributed by atoms with Gasteiger partial charge in [-0.2, -0.15) is 0 Å². The highest BCUT2D eigenvalue weighted by Gasteiger charge is 2.10. The number of benzene rings is 1. The second kappa shape index (κ2) is 7.63. The minimum Gasteiger partial charge on any atom is -0.338 e. The molecule has 0 aliphatic rings. The highest BCUT2D eigenvalue weighted by molar-refractivity contribution is 5.78. The maximum atomic E-state index is 11.8. The first kappa shape index (κ1) is 13.5. The predicted octanol–water partition coefficient (Wildman–Crippen LogP) is 1.46. The summed E-state index contributed by atoms with van der Waals surface area (Å²) in [7, 11) is 1.78. The molecule has 3 nitrogen and oxygen atoms in total. The van der Waals surface area contributed by atoms with Gasteiger partial charge in [0.2, 0.25) is 5.91 Å². The lowest BCUT2D eigenvalue weighted by Gasteiger charge is -2.21. The van der Waals surface area contributed by atoms with Crippen molar-refractivity contribution in [1.29, 1.82) is 0 Å². The van der Waals surface area contributed by atoms with E-state index < -0.39 is 0 Å². The Bertz CT molecular complexity index is 348. The zero-order valence-electron chi connectivity index (χ0n) is 10.4. The summed E-state index contributed by atoms with van der Waals surface area (Å²) < 4.78 is 0. The molecule has 0 fully saturated rings. The molecule has 0 aliphatic carbocycles. The van der Waals surface area contributed by atoms with Crippen molar-refractivity contribution >= 4 is 5.91 Å². The smallest absolute Gasteiger partial charge is 0.236 e. The molecule has 0 spiro atoms. The molecule has 17 heavy (non-hydrogen) atoms. The molecular formula is C14H20N2O. The molecule has 0 unspecified atom stereocenters. The molecule has 1 rings (SSSR count). The van der Waals surface area contributed by atoms with Gasteiger partial charge in [0, 0.05) is 13.1 Å². The SMILES string of the molecule is C=CCN(CCc1ccccc1)C(=O)CNC. The third-order valence-corrected chi connectivity index (χ3v) is 2.54. The first-order valence-electron chi connectivity index (χ1n) is 5.85. The van der Waals surface area contributed by atoms with Crippen molar-refractivity contribution in [3.8, 4) is 0 Å². The van der Waals surface area contributed by atoms with Crippen molar-refractivity contribution in [3.05, 3.63) is 48.6 Å². The summed E-state index contributed by atoms with van der Waals surface area (Å²) >= 11 is 0. The second-order valence-corrected chi connectivity index (χ2v) is 3.89. The minimum atomic E-state index is 0.114. The summed E-state index contributed by atoms with van der Waals surface area (Å²) in [5, 5.41) is 2.88. The van der Waals surface area contributed by atoms with Crippen LogP contribution in [0, 0.1) is 0 Å². The van der Waals surface area contributed by atoms with Crippen LogP contribution in [0.25, 0.3) is 0 Å². The Morgan fingerprint density at radius 3 is 2.71 bits per heavy atom. The van der Waals surface area contributed by atoms with Gasteiger partial charge in [-0.3, -0.25) is 4.79 Å². The molecule has 0 heterocycles. The average Bonchev–Trinajstić information content (AvgIpc) is 2.36. The first-order chi connectivity index (χ1) is 8.27. The van der Waals surface area contributed by atoms with E-state index in [1.54, 1.807) is 13.1 Å². The fourth-order valence-electron chi connectivity index (χ4n) is 1.65. The predicted molar refractivity (Wildman–Crippen MR) is 70.8 cm³/mol. The van der Waals surface area contributed by atoms with Gasteiger partial charge in [-0.05, 0) is 19.0 Å². The minimum absolute atomic E-state index is 0.114. The summed E-state index contributed by atoms with van der Waals surface area (Å²) in [4.78, 5) is 13.6. The highest BCUT2D eigenvalue weighted by atomic mass is 16.2. The van der Waals surface area contributed by atoms with Crippen LogP contribution in [0.15, 0.2) is 43.0 Å². The van der Waals surface area contributed by atoms with Crippen LogP contribution >= 0.6 is 0 Å². The molecule has 3 heteroatoms. The van der Waals surface area contributed by atoms with Gasteiger partial charge in [-0.25, -0.2) is 0 Å². The third-order valence-electron chi connectivity index (χ3n) is 2.54. The molecule has 1 aromatic rings. The van der Waals surface area contributed by atoms with E-state index >= 15 is 0 Å². The maximum Gasteiger partial charge on any atom is 0.236 e. The summed E-state index contributed by atoms with van der Waals surface area (Å²) in [6, 6.07) is 10.2. The number of carbonyl (C=O) groups is 1. The zero-order chi connectivity index (χ0) is 12.5. The number of rotatable bonds is 7. The Hall–Kier alpha value is -1.61. The van der Waals surface area contributed by atoms with Crippen molar-refractivity contribution in [2.45, 2.75) is 6.42 Å². The lowest BCUT2D eigenvalue weighted by Crippen LogP contribution is -2.38. The molecule has 0 radical (unpaired) electrons. The van der Waals surface area contributed by atoms with Crippen molar-refractivity contribution in [2.75, 3.05) is 26.7 Å². The van der Waals surface area contributed by atoms with Gasteiger partial charge in [-0.15, -0.1) is 6.58 Å². The molecule has 0 bridgehead atoms. The molecule has 0 atom stereocenters. The van der Waals surface area contributed by atoms with Crippen molar-refractivity contribution < 1.29 is 4.79 Å². The van der Waals surface area contributed by atoms with Crippen LogP contribution in [0.2, 0.25) is 0 Å². The molecular weight excluding hydrogens is 212 g/mol. The molecule has 0 aromatic heterocycles. The van der Waals surface area contributed by atoms with Crippen LogP contribution in [0.3, 0.4) is 0 Å². The van der Waals surface area contributed by atoms with Gasteiger partial charge in [0.25, 0.3) is 0 Å². The van der Waals surface area contributed by atoms with E-state index in [1.165, 1.54) is 5.56 Å². The van der Waals surface area contributed by atoms with Gasteiger partial charge in [0.05, 0.1) is 6.54 Å². The Morgan fingerprint density at radius 2 is 2.12 bits per heavy atom. The van der Waals surface area contributed by atoms with Crippen molar-refractivity contribution in [2.24, 2.45) is 0 Å². The summed E-state index contributed by atoms with van der Waals surface area (Å²) in [6.07, 6.45) is 2.64. The van der Waals surface area contributed by atoms with E-state index in [4.69, 9.17) is 0 Å². The van der Waals surface area contributed by atoms with Gasteiger partial charge in [0.1, 0.15) is 0 Å². The van der Waals surface area contributed by atoms with Crippen LogP contribution in [-0.2, 0) is 11.2 Å². The van der Waals surface area contributed by atoms with Crippen LogP contribution in [0.4, 0.5) is 0 Å². The third kappa shape index (κ3) is 4.83. The van der Waals surface area contributed by atoms with Crippen molar-refractivity contribution in [1.82, 2.24) is 10.2 Å². The molecule has 0 aliphatic heterocycles. The second-order valence-electron chi connectivity index (χ2n) is 3.89. The fourth-order valence-corrected chi connectivity index (χ4v) is 1.65. The number of hydrogen-bond acceptors (Lipinski definition) is 2. The Morgan fingerprint density at radius 1 is 1.41 bits per heavy atom. The maximum absolute atomic E-state index is 11.8. The number of nitrogens with one attached hydrogen (secondary N) is 1. The van der Waals surface area contributed by atoms with E-state index in [-0.39, 0.29) is 5.91 Å². The summed E-state index contributed by atoms with van der Waals surface area (Å²) in [5.41, 5.74) is 1.25. The lowest BCUT2D eigenvalue weighted by atomic mass is 10.1. The molecule has 1 amide bonds. The standard InChI is InChI=1S/C14H20N2O/c1-3-10-16(14(17)12-15-2)11-9-13-7-5-4-6-8-13/h3-8,15H,1,9-12H2,2H3. The van der Waals surface area contributed by atoms with Gasteiger partial charge >= 0.3 is 0 Å². The number of carbonyl (C=O) groups excluding carboxylic acids is 1. The quantitative estimate of drug-likeness (QED) is 0.722. The molecule has 92 valence electrons. The van der Waals surface area contributed by atoms with Crippen LogP contribution in [0.5, 0.6) is 0 Å². The zero-order valence-corrected chi connectivity index (χ0v) is 10.4. The van der Waals surface area contributed by atoms with Crippen LogP contribution < -0.4 is 5.32 Å². The highest BCUT2D eigenvalue weighted by Crippen LogP contribution is 2.01. The Kier molecular flexibility index (Phi) is 6.04. The monoisotopic (exact) mass is 232 g/mol. The van der Waals surface area contributed by atoms with Crippen molar-refractivity contribution in [3.63, 3.8) is 0 Å². The molecule has 0 saturated heterocycles. The van der Waals surface area contributed by atoms with Gasteiger partial charge < -0.3 is 10.2 Å². The largest absolute Gasteiger partial charge is 0.338 e. The topological polar surface area (TPSA) is 32.3 Å². The van der Waals surface area contributed by atoms with Crippen LogP contribution in [-0.4, -0.2) is 37.5 Å². The Labute approximate surface area is 103 Å². The van der Waals surface area contributed by atoms with E-state index in [0.717, 1.165) is 13.0 Å². The number of likely N-dealkylation sites (N-methyl/N-ethyl adjacent to an activating group) is 1. The number of nitrogens with zero attached hydrogens (tertiary/aromatic N) is 1. The fraction of sp³-hybridized carbons (Fsp3) is 0.357. The summed E-state index contributed by atoms with van der Waals surface area (Å²) in [5.74, 6) is 0.114. The average molecular weight is 232 g/mol. The van der Waals surface area contributed by atoms with E-state index in [0.29, 0.717) is 13.1 Å². The molecule has 1 N–H and O–H groups in total. The molecule has 1 aromatic carbocycles. The van der Waals surface area contributed by atoms with E-state index in [2.05, 4.69) is 24.0 Å². The van der Waals surface area contributed by atoms with E-state index in [1.807, 2.05) is 23.1 Å². The van der Waals surface area contributed by atoms with Gasteiger partial charge in [0.15, 0.2) is 0 Å². The molecule has 0 saturated carbocycles. The van der Waals surface area contributed by atoms with Crippen LogP contribution in [0.1, 0.15) is 5.56 Å². The number of amides is 1. The normalized spacial score (nSPS) is 9.94.